The van der Waals surface area contributed by atoms with Gasteiger partial charge < -0.3 is 4.42 Å². The van der Waals surface area contributed by atoms with Crippen molar-refractivity contribution < 1.29 is 13.2 Å². The molecule has 108 valence electrons. The largest absolute Gasteiger partial charge is 0.419 e. The van der Waals surface area contributed by atoms with Gasteiger partial charge in [-0.2, -0.15) is 0 Å². The monoisotopic (exact) mass is 309 g/mol. The minimum absolute atomic E-state index is 0.163. The molecule has 1 atom stereocenters. The van der Waals surface area contributed by atoms with E-state index in [1.54, 1.807) is 25.2 Å². The van der Waals surface area contributed by atoms with Crippen molar-refractivity contribution in [3.05, 3.63) is 69.7 Å². The molecule has 3 nitrogen and oxygen atoms in total. The third-order valence-electron chi connectivity index (χ3n) is 3.34. The third-order valence-corrected chi connectivity index (χ3v) is 3.83. The molecule has 3 aromatic rings. The van der Waals surface area contributed by atoms with Gasteiger partial charge in [0.15, 0.2) is 5.58 Å². The van der Waals surface area contributed by atoms with Gasteiger partial charge in [0.1, 0.15) is 11.6 Å². The van der Waals surface area contributed by atoms with Crippen LogP contribution in [-0.4, -0.2) is 4.57 Å². The standard InChI is InChI=1S/C15H10ClF2NO2/c1-19-12-5-2-8(6-13(12)21-15(19)20)14(16)10-4-3-9(17)7-11(10)18/h2-7,14H,1H3. The maximum Gasteiger partial charge on any atom is 0.419 e. The Morgan fingerprint density at radius 1 is 1.19 bits per heavy atom. The average molecular weight is 310 g/mol. The van der Waals surface area contributed by atoms with E-state index in [1.807, 2.05) is 0 Å². The molecular formula is C15H10ClF2NO2. The molecule has 3 rings (SSSR count). The molecule has 0 aliphatic rings. The first-order chi connectivity index (χ1) is 9.97. The second kappa shape index (κ2) is 5.00. The molecule has 0 aliphatic carbocycles. The smallest absolute Gasteiger partial charge is 0.408 e. The van der Waals surface area contributed by atoms with Gasteiger partial charge >= 0.3 is 5.76 Å². The van der Waals surface area contributed by atoms with Crippen molar-refractivity contribution in [2.24, 2.45) is 7.05 Å². The Balaban J connectivity index is 2.09. The number of aromatic nitrogens is 1. The molecule has 0 radical (unpaired) electrons. The predicted molar refractivity (Wildman–Crippen MR) is 75.5 cm³/mol. The van der Waals surface area contributed by atoms with Gasteiger partial charge in [-0.05, 0) is 23.8 Å². The first kappa shape index (κ1) is 13.8. The second-order valence-electron chi connectivity index (χ2n) is 4.68. The van der Waals surface area contributed by atoms with Crippen LogP contribution in [-0.2, 0) is 7.05 Å². The highest BCUT2D eigenvalue weighted by Gasteiger charge is 2.17. The summed E-state index contributed by atoms with van der Waals surface area (Å²) in [6.45, 7) is 0. The lowest BCUT2D eigenvalue weighted by Crippen LogP contribution is -2.08. The zero-order chi connectivity index (χ0) is 15.1. The molecule has 1 unspecified atom stereocenters. The number of aryl methyl sites for hydroxylation is 1. The summed E-state index contributed by atoms with van der Waals surface area (Å²) < 4.78 is 33.1. The van der Waals surface area contributed by atoms with Gasteiger partial charge in [-0.1, -0.05) is 12.1 Å². The van der Waals surface area contributed by atoms with Crippen molar-refractivity contribution in [1.29, 1.82) is 0 Å². The van der Waals surface area contributed by atoms with Crippen LogP contribution in [0.15, 0.2) is 45.6 Å². The Bertz CT molecular complexity index is 885. The SMILES string of the molecule is Cn1c(=O)oc2cc(C(Cl)c3ccc(F)cc3F)ccc21. The molecule has 0 aliphatic heterocycles. The Labute approximate surface area is 123 Å². The van der Waals surface area contributed by atoms with E-state index in [0.29, 0.717) is 16.7 Å². The Morgan fingerprint density at radius 3 is 2.67 bits per heavy atom. The van der Waals surface area contributed by atoms with E-state index < -0.39 is 22.8 Å². The zero-order valence-electron chi connectivity index (χ0n) is 10.9. The first-order valence-electron chi connectivity index (χ1n) is 6.16. The highest BCUT2D eigenvalue weighted by atomic mass is 35.5. The number of fused-ring (bicyclic) bond motifs is 1. The summed E-state index contributed by atoms with van der Waals surface area (Å²) in [5.41, 5.74) is 1.71. The van der Waals surface area contributed by atoms with E-state index in [2.05, 4.69) is 0 Å². The number of benzene rings is 2. The molecule has 0 amide bonds. The molecule has 1 heterocycles. The minimum atomic E-state index is -0.805. The molecule has 0 bridgehead atoms. The van der Waals surface area contributed by atoms with E-state index >= 15 is 0 Å². The van der Waals surface area contributed by atoms with Gasteiger partial charge in [0, 0.05) is 18.7 Å². The van der Waals surface area contributed by atoms with Crippen molar-refractivity contribution in [2.45, 2.75) is 5.38 Å². The van der Waals surface area contributed by atoms with Crippen molar-refractivity contribution in [1.82, 2.24) is 4.57 Å². The van der Waals surface area contributed by atoms with Crippen molar-refractivity contribution >= 4 is 22.7 Å². The summed E-state index contributed by atoms with van der Waals surface area (Å²) in [6, 6.07) is 8.16. The van der Waals surface area contributed by atoms with Crippen molar-refractivity contribution in [3.63, 3.8) is 0 Å². The van der Waals surface area contributed by atoms with Gasteiger partial charge in [0.2, 0.25) is 0 Å². The number of halogens is 3. The molecule has 0 fully saturated rings. The quantitative estimate of drug-likeness (QED) is 0.676. The molecule has 0 saturated carbocycles. The normalized spacial score (nSPS) is 12.8. The summed E-state index contributed by atoms with van der Waals surface area (Å²) in [4.78, 5) is 11.4. The fourth-order valence-electron chi connectivity index (χ4n) is 2.19. The lowest BCUT2D eigenvalue weighted by Gasteiger charge is -2.11. The first-order valence-corrected chi connectivity index (χ1v) is 6.59. The van der Waals surface area contributed by atoms with Gasteiger partial charge in [-0.3, -0.25) is 4.57 Å². The van der Waals surface area contributed by atoms with Crippen LogP contribution in [0.3, 0.4) is 0 Å². The lowest BCUT2D eigenvalue weighted by atomic mass is 10.0. The van der Waals surface area contributed by atoms with E-state index in [0.717, 1.165) is 12.1 Å². The van der Waals surface area contributed by atoms with Crippen LogP contribution in [0.5, 0.6) is 0 Å². The van der Waals surface area contributed by atoms with Crippen LogP contribution in [0, 0.1) is 11.6 Å². The number of hydrogen-bond donors (Lipinski definition) is 0. The lowest BCUT2D eigenvalue weighted by molar-refractivity contribution is 0.527. The van der Waals surface area contributed by atoms with Crippen LogP contribution in [0.4, 0.5) is 8.78 Å². The Morgan fingerprint density at radius 2 is 1.95 bits per heavy atom. The predicted octanol–water partition coefficient (Wildman–Crippen LogP) is 3.74. The minimum Gasteiger partial charge on any atom is -0.408 e. The maximum absolute atomic E-state index is 13.8. The van der Waals surface area contributed by atoms with E-state index in [1.165, 1.54) is 10.6 Å². The highest BCUT2D eigenvalue weighted by Crippen LogP contribution is 2.32. The fourth-order valence-corrected chi connectivity index (χ4v) is 2.51. The van der Waals surface area contributed by atoms with E-state index in [4.69, 9.17) is 16.0 Å². The topological polar surface area (TPSA) is 35.1 Å². The number of oxazole rings is 1. The zero-order valence-corrected chi connectivity index (χ0v) is 11.7. The van der Waals surface area contributed by atoms with Crippen LogP contribution >= 0.6 is 11.6 Å². The summed E-state index contributed by atoms with van der Waals surface area (Å²) in [7, 11) is 1.59. The van der Waals surface area contributed by atoms with Gasteiger partial charge in [0.05, 0.1) is 10.9 Å². The van der Waals surface area contributed by atoms with Crippen LogP contribution in [0.1, 0.15) is 16.5 Å². The second-order valence-corrected chi connectivity index (χ2v) is 5.12. The molecule has 2 aromatic carbocycles. The summed E-state index contributed by atoms with van der Waals surface area (Å²) in [5.74, 6) is -1.87. The Kier molecular flexibility index (Phi) is 3.29. The Hall–Kier alpha value is -2.14. The molecule has 0 spiro atoms. The molecule has 6 heteroatoms. The van der Waals surface area contributed by atoms with Crippen LogP contribution in [0.25, 0.3) is 11.1 Å². The summed E-state index contributed by atoms with van der Waals surface area (Å²) in [6.07, 6.45) is 0. The van der Waals surface area contributed by atoms with Crippen molar-refractivity contribution in [2.75, 3.05) is 0 Å². The van der Waals surface area contributed by atoms with Gasteiger partial charge in [0.25, 0.3) is 0 Å². The van der Waals surface area contributed by atoms with Crippen molar-refractivity contribution in [3.8, 4) is 0 Å². The number of alkyl halides is 1. The van der Waals surface area contributed by atoms with Gasteiger partial charge in [-0.25, -0.2) is 13.6 Å². The number of nitrogens with zero attached hydrogens (tertiary/aromatic N) is 1. The molecule has 0 saturated heterocycles. The maximum atomic E-state index is 13.8. The molecule has 0 N–H and O–H groups in total. The highest BCUT2D eigenvalue weighted by molar-refractivity contribution is 6.22. The third kappa shape index (κ3) is 2.34. The van der Waals surface area contributed by atoms with E-state index in [-0.39, 0.29) is 5.56 Å². The fraction of sp³-hybridized carbons (Fsp3) is 0.133. The molecule has 1 aromatic heterocycles. The molecular weight excluding hydrogens is 300 g/mol. The van der Waals surface area contributed by atoms with Crippen LogP contribution < -0.4 is 5.76 Å². The summed E-state index contributed by atoms with van der Waals surface area (Å²) >= 11 is 6.25. The average Bonchev–Trinajstić information content (AvgIpc) is 2.73. The van der Waals surface area contributed by atoms with E-state index in [9.17, 15) is 13.6 Å². The summed E-state index contributed by atoms with van der Waals surface area (Å²) in [5, 5.41) is -0.805. The van der Waals surface area contributed by atoms with Crippen LogP contribution in [0.2, 0.25) is 0 Å². The number of hydrogen-bond acceptors (Lipinski definition) is 2. The number of rotatable bonds is 2. The molecule has 21 heavy (non-hydrogen) atoms. The van der Waals surface area contributed by atoms with Gasteiger partial charge in [-0.15, -0.1) is 11.6 Å².